The van der Waals surface area contributed by atoms with Gasteiger partial charge in [0, 0.05) is 10.2 Å². The molecule has 102 valence electrons. The Hall–Kier alpha value is -1.62. The summed E-state index contributed by atoms with van der Waals surface area (Å²) in [6.07, 6.45) is 0. The number of halogens is 1. The number of pyridine rings is 2. The fourth-order valence-electron chi connectivity index (χ4n) is 1.72. The first-order chi connectivity index (χ1) is 8.79. The van der Waals surface area contributed by atoms with Crippen molar-refractivity contribution in [3.63, 3.8) is 0 Å². The van der Waals surface area contributed by atoms with Crippen LogP contribution >= 0.6 is 15.9 Å². The van der Waals surface area contributed by atoms with Crippen molar-refractivity contribution in [2.75, 3.05) is 11.5 Å². The number of nitrogen functional groups attached to an aromatic ring is 2. The molecule has 0 aliphatic heterocycles. The number of nitrogens with zero attached hydrogens (tertiary/aromatic N) is 2. The van der Waals surface area contributed by atoms with Gasteiger partial charge < -0.3 is 11.5 Å². The lowest BCUT2D eigenvalue weighted by atomic mass is 10.2. The fourth-order valence-corrected chi connectivity index (χ4v) is 1.92. The maximum Gasteiger partial charge on any atom is 0.123 e. The molecule has 0 bridgehead atoms. The SMILES string of the molecule is Cc1cc(C)nc(N)c1.Cc1cc(N)nc(C)c1Br. The Balaban J connectivity index is 0.000000191. The maximum absolute atomic E-state index is 5.50. The molecule has 4 N–H and O–H groups in total. The molecule has 0 aromatic carbocycles. The van der Waals surface area contributed by atoms with Gasteiger partial charge in [0.1, 0.15) is 11.6 Å². The molecule has 2 aromatic rings. The van der Waals surface area contributed by atoms with Crippen molar-refractivity contribution in [1.82, 2.24) is 9.97 Å². The van der Waals surface area contributed by atoms with E-state index in [1.54, 1.807) is 0 Å². The first-order valence-electron chi connectivity index (χ1n) is 5.89. The Bertz CT molecular complexity index is 508. The number of hydrogen-bond acceptors (Lipinski definition) is 4. The first kappa shape index (κ1) is 15.4. The molecular formula is C14H19BrN4. The van der Waals surface area contributed by atoms with Crippen LogP contribution in [0.4, 0.5) is 11.6 Å². The zero-order valence-electron chi connectivity index (χ0n) is 11.7. The van der Waals surface area contributed by atoms with Crippen LogP contribution in [0.2, 0.25) is 0 Å². The van der Waals surface area contributed by atoms with E-state index in [9.17, 15) is 0 Å². The average molecular weight is 323 g/mol. The molecule has 0 saturated heterocycles. The molecule has 0 aliphatic carbocycles. The minimum absolute atomic E-state index is 0.582. The number of hydrogen-bond donors (Lipinski definition) is 2. The van der Waals surface area contributed by atoms with Crippen molar-refractivity contribution in [2.24, 2.45) is 0 Å². The van der Waals surface area contributed by atoms with Gasteiger partial charge in [-0.1, -0.05) is 0 Å². The highest BCUT2D eigenvalue weighted by molar-refractivity contribution is 9.10. The molecule has 0 atom stereocenters. The van der Waals surface area contributed by atoms with Crippen LogP contribution in [-0.4, -0.2) is 9.97 Å². The molecule has 0 saturated carbocycles. The van der Waals surface area contributed by atoms with Crippen molar-refractivity contribution in [2.45, 2.75) is 27.7 Å². The molecule has 2 aromatic heterocycles. The van der Waals surface area contributed by atoms with E-state index in [4.69, 9.17) is 11.5 Å². The second kappa shape index (κ2) is 6.52. The number of aromatic nitrogens is 2. The quantitative estimate of drug-likeness (QED) is 0.779. The predicted molar refractivity (Wildman–Crippen MR) is 83.9 cm³/mol. The Morgan fingerprint density at radius 1 is 0.895 bits per heavy atom. The van der Waals surface area contributed by atoms with Gasteiger partial charge in [0.05, 0.1) is 5.69 Å². The molecule has 19 heavy (non-hydrogen) atoms. The van der Waals surface area contributed by atoms with Crippen molar-refractivity contribution >= 4 is 27.6 Å². The molecule has 0 aliphatic rings. The van der Waals surface area contributed by atoms with Crippen molar-refractivity contribution in [3.8, 4) is 0 Å². The summed E-state index contributed by atoms with van der Waals surface area (Å²) in [6.45, 7) is 7.86. The molecule has 2 rings (SSSR count). The summed E-state index contributed by atoms with van der Waals surface area (Å²) in [4.78, 5) is 8.08. The molecule has 2 heterocycles. The minimum Gasteiger partial charge on any atom is -0.384 e. The Kier molecular flexibility index (Phi) is 5.30. The second-order valence-corrected chi connectivity index (χ2v) is 5.27. The molecular weight excluding hydrogens is 304 g/mol. The molecule has 4 nitrogen and oxygen atoms in total. The van der Waals surface area contributed by atoms with Crippen molar-refractivity contribution in [1.29, 1.82) is 0 Å². The molecule has 0 spiro atoms. The van der Waals surface area contributed by atoms with Crippen molar-refractivity contribution < 1.29 is 0 Å². The number of rotatable bonds is 0. The van der Waals surface area contributed by atoms with Gasteiger partial charge in [0.25, 0.3) is 0 Å². The van der Waals surface area contributed by atoms with Gasteiger partial charge >= 0.3 is 0 Å². The van der Waals surface area contributed by atoms with Gasteiger partial charge in [-0.25, -0.2) is 9.97 Å². The van der Waals surface area contributed by atoms with E-state index in [1.807, 2.05) is 45.9 Å². The van der Waals surface area contributed by atoms with Gasteiger partial charge in [-0.05, 0) is 73.0 Å². The summed E-state index contributed by atoms with van der Waals surface area (Å²) in [5.41, 5.74) is 15.2. The van der Waals surface area contributed by atoms with Crippen LogP contribution in [-0.2, 0) is 0 Å². The van der Waals surface area contributed by atoms with Crippen LogP contribution in [0.3, 0.4) is 0 Å². The first-order valence-corrected chi connectivity index (χ1v) is 6.69. The summed E-state index contributed by atoms with van der Waals surface area (Å²) in [6, 6.07) is 5.69. The highest BCUT2D eigenvalue weighted by Gasteiger charge is 1.99. The minimum atomic E-state index is 0.582. The molecule has 0 unspecified atom stereocenters. The summed E-state index contributed by atoms with van der Waals surface area (Å²) in [5, 5.41) is 0. The topological polar surface area (TPSA) is 77.8 Å². The molecule has 0 radical (unpaired) electrons. The van der Waals surface area contributed by atoms with E-state index in [2.05, 4.69) is 25.9 Å². The lowest BCUT2D eigenvalue weighted by molar-refractivity contribution is 1.16. The van der Waals surface area contributed by atoms with Crippen LogP contribution in [0, 0.1) is 27.7 Å². The van der Waals surface area contributed by atoms with Crippen molar-refractivity contribution in [3.05, 3.63) is 45.2 Å². The van der Waals surface area contributed by atoms with Gasteiger partial charge in [-0.3, -0.25) is 0 Å². The molecule has 0 fully saturated rings. The van der Waals surface area contributed by atoms with E-state index < -0.39 is 0 Å². The largest absolute Gasteiger partial charge is 0.384 e. The number of nitrogens with two attached hydrogens (primary N) is 2. The van der Waals surface area contributed by atoms with Gasteiger partial charge in [0.15, 0.2) is 0 Å². The average Bonchev–Trinajstić information content (AvgIpc) is 2.24. The highest BCUT2D eigenvalue weighted by Crippen LogP contribution is 2.20. The maximum atomic E-state index is 5.50. The van der Waals surface area contributed by atoms with Gasteiger partial charge in [-0.15, -0.1) is 0 Å². The zero-order valence-corrected chi connectivity index (χ0v) is 13.2. The zero-order chi connectivity index (χ0) is 14.6. The Morgan fingerprint density at radius 3 is 1.95 bits per heavy atom. The highest BCUT2D eigenvalue weighted by atomic mass is 79.9. The van der Waals surface area contributed by atoms with E-state index in [1.165, 1.54) is 5.56 Å². The standard InChI is InChI=1S/C7H9BrN2.C7H10N2/c1-4-3-6(9)10-5(2)7(4)8;1-5-3-6(2)9-7(8)4-5/h3H,1-2H3,(H2,9,10);3-4H,1-2H3,(H2,8,9). The third-order valence-electron chi connectivity index (χ3n) is 2.44. The Labute approximate surface area is 122 Å². The third-order valence-corrected chi connectivity index (χ3v) is 3.64. The van der Waals surface area contributed by atoms with E-state index >= 15 is 0 Å². The van der Waals surface area contributed by atoms with Crippen LogP contribution in [0.5, 0.6) is 0 Å². The lowest BCUT2D eigenvalue weighted by Gasteiger charge is -2.01. The number of anilines is 2. The van der Waals surface area contributed by atoms with Crippen LogP contribution < -0.4 is 11.5 Å². The monoisotopic (exact) mass is 322 g/mol. The Morgan fingerprint density at radius 2 is 1.47 bits per heavy atom. The lowest BCUT2D eigenvalue weighted by Crippen LogP contribution is -1.94. The molecule has 0 amide bonds. The van der Waals surface area contributed by atoms with E-state index in [0.717, 1.165) is 21.4 Å². The predicted octanol–water partition coefficient (Wildman–Crippen LogP) is 3.32. The summed E-state index contributed by atoms with van der Waals surface area (Å²) in [7, 11) is 0. The summed E-state index contributed by atoms with van der Waals surface area (Å²) < 4.78 is 1.04. The van der Waals surface area contributed by atoms with Crippen LogP contribution in [0.1, 0.15) is 22.5 Å². The smallest absolute Gasteiger partial charge is 0.123 e. The fraction of sp³-hybridized carbons (Fsp3) is 0.286. The van der Waals surface area contributed by atoms with Crippen LogP contribution in [0.15, 0.2) is 22.7 Å². The number of aryl methyl sites for hydroxylation is 4. The molecule has 5 heteroatoms. The van der Waals surface area contributed by atoms with E-state index in [-0.39, 0.29) is 0 Å². The van der Waals surface area contributed by atoms with Crippen LogP contribution in [0.25, 0.3) is 0 Å². The van der Waals surface area contributed by atoms with Gasteiger partial charge in [-0.2, -0.15) is 0 Å². The van der Waals surface area contributed by atoms with Gasteiger partial charge in [0.2, 0.25) is 0 Å². The summed E-state index contributed by atoms with van der Waals surface area (Å²) >= 11 is 3.40. The normalized spacial score (nSPS) is 9.74. The second-order valence-electron chi connectivity index (χ2n) is 4.47. The van der Waals surface area contributed by atoms with E-state index in [0.29, 0.717) is 11.6 Å². The summed E-state index contributed by atoms with van der Waals surface area (Å²) in [5.74, 6) is 1.19. The third kappa shape index (κ3) is 4.87.